The average Bonchev–Trinajstić information content (AvgIpc) is 2.92. The number of rotatable bonds is 10. The van der Waals surface area contributed by atoms with E-state index in [9.17, 15) is 14.7 Å². The molecule has 3 rings (SSSR count). The van der Waals surface area contributed by atoms with Gasteiger partial charge in [0.25, 0.3) is 8.32 Å². The number of nitrogens with one attached hydrogen (secondary N) is 1. The molecule has 2 N–H and O–H groups in total. The second-order valence-electron chi connectivity index (χ2n) is 14.4. The first-order valence-corrected chi connectivity index (χ1v) is 17.1. The van der Waals surface area contributed by atoms with Gasteiger partial charge in [0.1, 0.15) is 11.6 Å². The third kappa shape index (κ3) is 8.93. The van der Waals surface area contributed by atoms with Crippen molar-refractivity contribution in [2.45, 2.75) is 84.9 Å². The molecule has 2 atom stereocenters. The molecule has 7 heteroatoms. The fourth-order valence-corrected chi connectivity index (χ4v) is 10.3. The Kier molecular flexibility index (Phi) is 11.0. The van der Waals surface area contributed by atoms with Gasteiger partial charge in [-0.2, -0.15) is 0 Å². The van der Waals surface area contributed by atoms with Crippen molar-refractivity contribution < 1.29 is 23.9 Å². The van der Waals surface area contributed by atoms with E-state index >= 15 is 0 Å². The number of carboxylic acid groups (broad SMARTS) is 1. The van der Waals surface area contributed by atoms with Crippen LogP contribution >= 0.6 is 0 Å². The molecule has 1 amide bonds. The SMILES string of the molecule is CC(C)(C)/C=C(\CO[Si](c1ccccc1)(c1ccccc1)C(C)(C)C)[C@@H](c1ccccc1)[C@H](NC(=O)OC(C)(C)C)C(=O)O. The predicted octanol–water partition coefficient (Wildman–Crippen LogP) is 7.30. The molecule has 0 radical (unpaired) electrons. The molecule has 0 saturated carbocycles. The van der Waals surface area contributed by atoms with Gasteiger partial charge in [-0.1, -0.05) is 139 Å². The monoisotopic (exact) mass is 615 g/mol. The molecule has 0 aromatic heterocycles. The van der Waals surface area contributed by atoms with Crippen molar-refractivity contribution in [1.82, 2.24) is 5.32 Å². The zero-order valence-electron chi connectivity index (χ0n) is 27.7. The lowest BCUT2D eigenvalue weighted by atomic mass is 9.81. The van der Waals surface area contributed by atoms with Crippen LogP contribution in [0.3, 0.4) is 0 Å². The Bertz CT molecular complexity index is 1360. The molecular weight excluding hydrogens is 566 g/mol. The van der Waals surface area contributed by atoms with Crippen LogP contribution in [0.4, 0.5) is 4.79 Å². The number of carboxylic acids is 1. The van der Waals surface area contributed by atoms with Crippen LogP contribution in [0.25, 0.3) is 0 Å². The highest BCUT2D eigenvalue weighted by Gasteiger charge is 2.50. The van der Waals surface area contributed by atoms with Crippen LogP contribution in [0.2, 0.25) is 5.04 Å². The molecule has 0 heterocycles. The Labute approximate surface area is 264 Å². The van der Waals surface area contributed by atoms with Crippen LogP contribution in [-0.4, -0.2) is 43.7 Å². The highest BCUT2D eigenvalue weighted by molar-refractivity contribution is 6.99. The molecule has 0 saturated heterocycles. The van der Waals surface area contributed by atoms with E-state index in [1.165, 1.54) is 0 Å². The average molecular weight is 616 g/mol. The highest BCUT2D eigenvalue weighted by Crippen LogP contribution is 2.39. The van der Waals surface area contributed by atoms with Crippen LogP contribution in [0, 0.1) is 5.41 Å². The molecule has 0 fully saturated rings. The summed E-state index contributed by atoms with van der Waals surface area (Å²) < 4.78 is 12.8. The summed E-state index contributed by atoms with van der Waals surface area (Å²) in [6.07, 6.45) is 1.31. The number of hydrogen-bond donors (Lipinski definition) is 2. The minimum absolute atomic E-state index is 0.171. The van der Waals surface area contributed by atoms with Gasteiger partial charge in [-0.25, -0.2) is 9.59 Å². The van der Waals surface area contributed by atoms with Crippen molar-refractivity contribution in [2.75, 3.05) is 6.61 Å². The minimum atomic E-state index is -2.96. The van der Waals surface area contributed by atoms with Gasteiger partial charge in [0.2, 0.25) is 0 Å². The van der Waals surface area contributed by atoms with E-state index < -0.39 is 37.9 Å². The van der Waals surface area contributed by atoms with E-state index in [-0.39, 0.29) is 17.1 Å². The van der Waals surface area contributed by atoms with Gasteiger partial charge in [0, 0.05) is 5.92 Å². The van der Waals surface area contributed by atoms with Gasteiger partial charge in [0.05, 0.1) is 6.61 Å². The molecule has 6 nitrogen and oxygen atoms in total. The summed E-state index contributed by atoms with van der Waals surface area (Å²) in [5, 5.41) is 15.3. The summed E-state index contributed by atoms with van der Waals surface area (Å²) in [5.74, 6) is -1.88. The molecule has 236 valence electrons. The van der Waals surface area contributed by atoms with E-state index in [1.807, 2.05) is 66.7 Å². The third-order valence-corrected chi connectivity index (χ3v) is 12.3. The van der Waals surface area contributed by atoms with Crippen molar-refractivity contribution in [3.05, 3.63) is 108 Å². The van der Waals surface area contributed by atoms with Crippen molar-refractivity contribution >= 4 is 30.8 Å². The van der Waals surface area contributed by atoms with E-state index in [0.717, 1.165) is 21.5 Å². The second-order valence-corrected chi connectivity index (χ2v) is 18.7. The number of hydrogen-bond acceptors (Lipinski definition) is 4. The minimum Gasteiger partial charge on any atom is -0.480 e. The molecule has 44 heavy (non-hydrogen) atoms. The van der Waals surface area contributed by atoms with Gasteiger partial charge in [-0.15, -0.1) is 0 Å². The second kappa shape index (κ2) is 14.0. The van der Waals surface area contributed by atoms with Crippen LogP contribution in [-0.2, 0) is 14.0 Å². The predicted molar refractivity (Wildman–Crippen MR) is 181 cm³/mol. The first-order chi connectivity index (χ1) is 20.4. The maximum absolute atomic E-state index is 13.0. The maximum atomic E-state index is 13.0. The van der Waals surface area contributed by atoms with Crippen molar-refractivity contribution in [3.8, 4) is 0 Å². The van der Waals surface area contributed by atoms with E-state index in [2.05, 4.69) is 77.2 Å². The Balaban J connectivity index is 2.23. The highest BCUT2D eigenvalue weighted by atomic mass is 28.4. The Hall–Kier alpha value is -3.68. The van der Waals surface area contributed by atoms with E-state index in [1.54, 1.807) is 20.8 Å². The zero-order chi connectivity index (χ0) is 32.8. The lowest BCUT2D eigenvalue weighted by Crippen LogP contribution is -2.66. The summed E-state index contributed by atoms with van der Waals surface area (Å²) >= 11 is 0. The van der Waals surface area contributed by atoms with Crippen LogP contribution in [0.1, 0.15) is 73.8 Å². The largest absolute Gasteiger partial charge is 0.480 e. The fourth-order valence-electron chi connectivity index (χ4n) is 5.73. The van der Waals surface area contributed by atoms with Gasteiger partial charge >= 0.3 is 12.1 Å². The number of benzene rings is 3. The number of carbonyl (C=O) groups is 2. The van der Waals surface area contributed by atoms with Gasteiger partial charge in [-0.05, 0) is 52.7 Å². The number of ether oxygens (including phenoxy) is 1. The van der Waals surface area contributed by atoms with Crippen LogP contribution < -0.4 is 15.7 Å². The number of alkyl carbamates (subject to hydrolysis) is 1. The molecule has 0 spiro atoms. The van der Waals surface area contributed by atoms with Gasteiger partial charge < -0.3 is 19.6 Å². The molecule has 0 unspecified atom stereocenters. The third-order valence-electron chi connectivity index (χ3n) is 7.32. The first kappa shape index (κ1) is 34.8. The molecule has 3 aromatic carbocycles. The first-order valence-electron chi connectivity index (χ1n) is 15.2. The Morgan fingerprint density at radius 1 is 0.773 bits per heavy atom. The van der Waals surface area contributed by atoms with Crippen LogP contribution in [0.5, 0.6) is 0 Å². The molecule has 0 aliphatic heterocycles. The van der Waals surface area contributed by atoms with Gasteiger partial charge in [-0.3, -0.25) is 0 Å². The topological polar surface area (TPSA) is 84.9 Å². The number of carbonyl (C=O) groups excluding carboxylic acids is 1. The maximum Gasteiger partial charge on any atom is 0.408 e. The number of allylic oxidation sites excluding steroid dienone is 1. The summed E-state index contributed by atoms with van der Waals surface area (Å²) in [4.78, 5) is 26.0. The fraction of sp³-hybridized carbons (Fsp3) is 0.405. The van der Waals surface area contributed by atoms with E-state index in [0.29, 0.717) is 0 Å². The Morgan fingerprint density at radius 3 is 1.61 bits per heavy atom. The van der Waals surface area contributed by atoms with Crippen molar-refractivity contribution in [3.63, 3.8) is 0 Å². The summed E-state index contributed by atoms with van der Waals surface area (Å²) in [5.41, 5.74) is 0.440. The standard InChI is InChI=1S/C37H49NO5Si/c1-35(2,3)25-28(31(27-19-13-10-14-20-27)32(33(39)40)38-34(41)43-36(4,5)6)26-42-44(37(7,8)9,29-21-15-11-16-22-29)30-23-17-12-18-24-30/h10-25,31-32H,26H2,1-9H3,(H,38,41)(H,39,40)/b28-25+/t31-,32+/m1/s1. The quantitative estimate of drug-likeness (QED) is 0.185. The van der Waals surface area contributed by atoms with Gasteiger partial charge in [0.15, 0.2) is 0 Å². The number of aliphatic carboxylic acids is 1. The summed E-state index contributed by atoms with van der Waals surface area (Å²) in [6, 6.07) is 28.9. The molecule has 0 aliphatic rings. The van der Waals surface area contributed by atoms with Crippen molar-refractivity contribution in [2.24, 2.45) is 5.41 Å². The van der Waals surface area contributed by atoms with Crippen molar-refractivity contribution in [1.29, 1.82) is 0 Å². The summed E-state index contributed by atoms with van der Waals surface area (Å²) in [7, 11) is -2.96. The summed E-state index contributed by atoms with van der Waals surface area (Å²) in [6.45, 7) is 18.3. The normalized spacial score (nSPS) is 14.4. The number of amides is 1. The lowest BCUT2D eigenvalue weighted by Gasteiger charge is -2.44. The van der Waals surface area contributed by atoms with E-state index in [4.69, 9.17) is 9.16 Å². The zero-order valence-corrected chi connectivity index (χ0v) is 28.7. The Morgan fingerprint density at radius 2 is 1.23 bits per heavy atom. The smallest absolute Gasteiger partial charge is 0.408 e. The van der Waals surface area contributed by atoms with Crippen LogP contribution in [0.15, 0.2) is 103 Å². The molecule has 3 aromatic rings. The molecule has 0 bridgehead atoms. The molecule has 0 aliphatic carbocycles. The lowest BCUT2D eigenvalue weighted by molar-refractivity contribution is -0.139. The molecular formula is C37H49NO5Si.